The van der Waals surface area contributed by atoms with Crippen molar-refractivity contribution in [1.29, 1.82) is 0 Å². The molecule has 0 saturated carbocycles. The summed E-state index contributed by atoms with van der Waals surface area (Å²) in [7, 11) is -3.10. The van der Waals surface area contributed by atoms with Gasteiger partial charge in [-0.2, -0.15) is 0 Å². The molecule has 0 aliphatic heterocycles. The van der Waals surface area contributed by atoms with Crippen LogP contribution in [0.15, 0.2) is 29.2 Å². The first kappa shape index (κ1) is 17.2. The van der Waals surface area contributed by atoms with E-state index >= 15 is 0 Å². The Morgan fingerprint density at radius 3 is 2.20 bits per heavy atom. The lowest BCUT2D eigenvalue weighted by Crippen LogP contribution is -2.20. The van der Waals surface area contributed by atoms with Crippen molar-refractivity contribution < 1.29 is 8.42 Å². The van der Waals surface area contributed by atoms with E-state index in [0.717, 1.165) is 13.0 Å². The van der Waals surface area contributed by atoms with Crippen molar-refractivity contribution in [2.75, 3.05) is 12.8 Å². The molecule has 1 unspecified atom stereocenters. The van der Waals surface area contributed by atoms with Crippen molar-refractivity contribution in [2.45, 2.75) is 56.9 Å². The average molecular weight is 297 g/mol. The first-order chi connectivity index (χ1) is 9.49. The SMILES string of the molecule is CCCCCCC(NCC)c1ccc(S(C)(=O)=O)cc1. The molecule has 0 bridgehead atoms. The third-order valence-electron chi connectivity index (χ3n) is 3.51. The third-order valence-corrected chi connectivity index (χ3v) is 4.64. The zero-order valence-electron chi connectivity index (χ0n) is 12.9. The summed E-state index contributed by atoms with van der Waals surface area (Å²) in [6.45, 7) is 5.24. The van der Waals surface area contributed by atoms with Crippen molar-refractivity contribution >= 4 is 9.84 Å². The van der Waals surface area contributed by atoms with Gasteiger partial charge in [-0.1, -0.05) is 51.7 Å². The second-order valence-electron chi connectivity index (χ2n) is 5.30. The summed E-state index contributed by atoms with van der Waals surface area (Å²) in [6, 6.07) is 7.61. The lowest BCUT2D eigenvalue weighted by atomic mass is 10.00. The summed E-state index contributed by atoms with van der Waals surface area (Å²) in [5.41, 5.74) is 1.18. The monoisotopic (exact) mass is 297 g/mol. The Kier molecular flexibility index (Phi) is 7.24. The van der Waals surface area contributed by atoms with E-state index in [9.17, 15) is 8.42 Å². The highest BCUT2D eigenvalue weighted by molar-refractivity contribution is 7.90. The quantitative estimate of drug-likeness (QED) is 0.707. The van der Waals surface area contributed by atoms with Crippen LogP contribution >= 0.6 is 0 Å². The number of sulfone groups is 1. The van der Waals surface area contributed by atoms with Crippen LogP contribution in [0.25, 0.3) is 0 Å². The molecule has 1 N–H and O–H groups in total. The van der Waals surface area contributed by atoms with Gasteiger partial charge in [0.25, 0.3) is 0 Å². The number of rotatable bonds is 9. The smallest absolute Gasteiger partial charge is 0.175 e. The van der Waals surface area contributed by atoms with Gasteiger partial charge in [0.15, 0.2) is 9.84 Å². The number of hydrogen-bond acceptors (Lipinski definition) is 3. The molecule has 4 heteroatoms. The van der Waals surface area contributed by atoms with Crippen molar-refractivity contribution in [3.8, 4) is 0 Å². The van der Waals surface area contributed by atoms with E-state index in [1.807, 2.05) is 12.1 Å². The standard InChI is InChI=1S/C16H27NO2S/c1-4-6-7-8-9-16(17-5-2)14-10-12-15(13-11-14)20(3,18)19/h10-13,16-17H,4-9H2,1-3H3. The van der Waals surface area contributed by atoms with Gasteiger partial charge >= 0.3 is 0 Å². The van der Waals surface area contributed by atoms with E-state index in [1.54, 1.807) is 12.1 Å². The molecule has 1 atom stereocenters. The Morgan fingerprint density at radius 1 is 1.05 bits per heavy atom. The van der Waals surface area contributed by atoms with Gasteiger partial charge in [-0.15, -0.1) is 0 Å². The predicted octanol–water partition coefficient (Wildman–Crippen LogP) is 3.71. The van der Waals surface area contributed by atoms with Crippen LogP contribution in [0.3, 0.4) is 0 Å². The van der Waals surface area contributed by atoms with E-state index in [1.165, 1.54) is 37.5 Å². The van der Waals surface area contributed by atoms with Gasteiger partial charge < -0.3 is 5.32 Å². The van der Waals surface area contributed by atoms with Gasteiger partial charge in [-0.05, 0) is 30.7 Å². The summed E-state index contributed by atoms with van der Waals surface area (Å²) < 4.78 is 22.9. The maximum absolute atomic E-state index is 11.5. The van der Waals surface area contributed by atoms with E-state index in [-0.39, 0.29) is 0 Å². The third kappa shape index (κ3) is 5.63. The lowest BCUT2D eigenvalue weighted by molar-refractivity contribution is 0.481. The highest BCUT2D eigenvalue weighted by Gasteiger charge is 2.12. The molecular weight excluding hydrogens is 270 g/mol. The fourth-order valence-electron chi connectivity index (χ4n) is 2.36. The highest BCUT2D eigenvalue weighted by Crippen LogP contribution is 2.22. The highest BCUT2D eigenvalue weighted by atomic mass is 32.2. The Balaban J connectivity index is 2.71. The molecule has 0 fully saturated rings. The molecule has 1 aromatic carbocycles. The van der Waals surface area contributed by atoms with Crippen LogP contribution in [0.1, 0.15) is 57.6 Å². The van der Waals surface area contributed by atoms with Gasteiger partial charge in [0.05, 0.1) is 4.90 Å². The summed E-state index contributed by atoms with van der Waals surface area (Å²) >= 11 is 0. The van der Waals surface area contributed by atoms with E-state index in [4.69, 9.17) is 0 Å². The Morgan fingerprint density at radius 2 is 1.70 bits per heavy atom. The maximum atomic E-state index is 11.5. The second-order valence-corrected chi connectivity index (χ2v) is 7.32. The molecule has 1 aromatic rings. The molecule has 0 spiro atoms. The fourth-order valence-corrected chi connectivity index (χ4v) is 2.99. The normalized spacial score (nSPS) is 13.3. The van der Waals surface area contributed by atoms with Crippen LogP contribution in [-0.4, -0.2) is 21.2 Å². The second kappa shape index (κ2) is 8.42. The largest absolute Gasteiger partial charge is 0.310 e. The van der Waals surface area contributed by atoms with Gasteiger partial charge in [0, 0.05) is 12.3 Å². The molecule has 1 rings (SSSR count). The summed E-state index contributed by atoms with van der Waals surface area (Å²) in [5, 5.41) is 3.48. The van der Waals surface area contributed by atoms with Gasteiger partial charge in [0.2, 0.25) is 0 Å². The van der Waals surface area contributed by atoms with Crippen molar-refractivity contribution in [3.05, 3.63) is 29.8 Å². The van der Waals surface area contributed by atoms with Crippen molar-refractivity contribution in [1.82, 2.24) is 5.32 Å². The minimum atomic E-state index is -3.10. The van der Waals surface area contributed by atoms with Crippen molar-refractivity contribution in [2.24, 2.45) is 0 Å². The molecule has 3 nitrogen and oxygen atoms in total. The summed E-state index contributed by atoms with van der Waals surface area (Å²) in [4.78, 5) is 0.391. The molecule has 20 heavy (non-hydrogen) atoms. The molecule has 114 valence electrons. The van der Waals surface area contributed by atoms with Crippen LogP contribution < -0.4 is 5.32 Å². The Bertz CT molecular complexity index is 480. The maximum Gasteiger partial charge on any atom is 0.175 e. The zero-order valence-corrected chi connectivity index (χ0v) is 13.7. The van der Waals surface area contributed by atoms with Gasteiger partial charge in [-0.25, -0.2) is 8.42 Å². The first-order valence-electron chi connectivity index (χ1n) is 7.52. The van der Waals surface area contributed by atoms with E-state index in [0.29, 0.717) is 10.9 Å². The number of benzene rings is 1. The van der Waals surface area contributed by atoms with Crippen LogP contribution in [0.2, 0.25) is 0 Å². The molecule has 0 aliphatic carbocycles. The lowest BCUT2D eigenvalue weighted by Gasteiger charge is -2.18. The molecule has 0 saturated heterocycles. The molecule has 0 amide bonds. The van der Waals surface area contributed by atoms with E-state index in [2.05, 4.69) is 19.2 Å². The van der Waals surface area contributed by atoms with Crippen LogP contribution in [0.4, 0.5) is 0 Å². The molecule has 0 aromatic heterocycles. The number of unbranched alkanes of at least 4 members (excludes halogenated alkanes) is 3. The van der Waals surface area contributed by atoms with Crippen LogP contribution in [0.5, 0.6) is 0 Å². The summed E-state index contributed by atoms with van der Waals surface area (Å²) in [6.07, 6.45) is 7.35. The topological polar surface area (TPSA) is 46.2 Å². The Hall–Kier alpha value is -0.870. The molecule has 0 aliphatic rings. The van der Waals surface area contributed by atoms with Gasteiger partial charge in [0.1, 0.15) is 0 Å². The minimum absolute atomic E-state index is 0.325. The first-order valence-corrected chi connectivity index (χ1v) is 9.41. The van der Waals surface area contributed by atoms with Crippen LogP contribution in [0, 0.1) is 0 Å². The predicted molar refractivity (Wildman–Crippen MR) is 84.7 cm³/mol. The molecular formula is C16H27NO2S. The number of nitrogens with one attached hydrogen (secondary N) is 1. The van der Waals surface area contributed by atoms with Crippen LogP contribution in [-0.2, 0) is 9.84 Å². The summed E-state index contributed by atoms with van der Waals surface area (Å²) in [5.74, 6) is 0. The number of hydrogen-bond donors (Lipinski definition) is 1. The van der Waals surface area contributed by atoms with E-state index < -0.39 is 9.84 Å². The van der Waals surface area contributed by atoms with Crippen molar-refractivity contribution in [3.63, 3.8) is 0 Å². The average Bonchev–Trinajstić information content (AvgIpc) is 2.41. The Labute approximate surface area is 123 Å². The minimum Gasteiger partial charge on any atom is -0.310 e. The molecule has 0 radical (unpaired) electrons. The molecule has 0 heterocycles. The zero-order chi connectivity index (χ0) is 15.0. The van der Waals surface area contributed by atoms with Gasteiger partial charge in [-0.3, -0.25) is 0 Å². The fraction of sp³-hybridized carbons (Fsp3) is 0.625.